The zero-order valence-corrected chi connectivity index (χ0v) is 11.6. The number of ether oxygens (including phenoxy) is 1. The monoisotopic (exact) mass is 229 g/mol. The first kappa shape index (κ1) is 15.6. The Morgan fingerprint density at radius 2 is 1.75 bits per heavy atom. The van der Waals surface area contributed by atoms with E-state index in [1.165, 1.54) is 0 Å². The average molecular weight is 229 g/mol. The second-order valence-corrected chi connectivity index (χ2v) is 5.65. The molecule has 0 bridgehead atoms. The van der Waals surface area contributed by atoms with Crippen molar-refractivity contribution in [1.29, 1.82) is 0 Å². The summed E-state index contributed by atoms with van der Waals surface area (Å²) in [6.45, 7) is 11.4. The van der Waals surface area contributed by atoms with Crippen LogP contribution in [0.4, 0.5) is 0 Å². The molecule has 0 aromatic carbocycles. The summed E-state index contributed by atoms with van der Waals surface area (Å²) in [5.74, 6) is 0.226. The van der Waals surface area contributed by atoms with Crippen molar-refractivity contribution >= 4 is 5.78 Å². The van der Waals surface area contributed by atoms with Crippen molar-refractivity contribution in [3.05, 3.63) is 0 Å². The largest absolute Gasteiger partial charge is 0.375 e. The number of carbonyl (C=O) groups is 1. The van der Waals surface area contributed by atoms with Gasteiger partial charge in [0.25, 0.3) is 0 Å². The van der Waals surface area contributed by atoms with Crippen molar-refractivity contribution < 1.29 is 9.53 Å². The van der Waals surface area contributed by atoms with E-state index in [0.717, 1.165) is 19.4 Å². The first-order chi connectivity index (χ1) is 7.21. The third-order valence-corrected chi connectivity index (χ3v) is 3.15. The van der Waals surface area contributed by atoms with E-state index in [0.29, 0.717) is 6.61 Å². The number of Topliss-reactive ketones (excluding diaryl/α,β-unsaturated/α-hetero) is 1. The molecule has 0 amide bonds. The molecule has 0 aliphatic rings. The maximum absolute atomic E-state index is 11.3. The van der Waals surface area contributed by atoms with Crippen LogP contribution in [0.2, 0.25) is 0 Å². The molecular formula is C13H27NO2. The molecule has 1 N–H and O–H groups in total. The molecule has 0 atom stereocenters. The summed E-state index contributed by atoms with van der Waals surface area (Å²) in [6, 6.07) is 0. The van der Waals surface area contributed by atoms with Crippen LogP contribution < -0.4 is 5.32 Å². The zero-order chi connectivity index (χ0) is 12.8. The van der Waals surface area contributed by atoms with Crippen LogP contribution in [-0.4, -0.2) is 31.6 Å². The Kier molecular flexibility index (Phi) is 6.19. The van der Waals surface area contributed by atoms with Gasteiger partial charge in [-0.2, -0.15) is 0 Å². The van der Waals surface area contributed by atoms with Gasteiger partial charge in [-0.25, -0.2) is 0 Å². The van der Waals surface area contributed by atoms with Crippen LogP contribution in [0.5, 0.6) is 0 Å². The van der Waals surface area contributed by atoms with E-state index >= 15 is 0 Å². The molecule has 0 aromatic rings. The highest BCUT2D eigenvalue weighted by atomic mass is 16.5. The number of rotatable bonds is 8. The van der Waals surface area contributed by atoms with Gasteiger partial charge in [0.05, 0.1) is 5.60 Å². The highest BCUT2D eigenvalue weighted by Crippen LogP contribution is 2.23. The van der Waals surface area contributed by atoms with Crippen LogP contribution in [0.1, 0.15) is 47.5 Å². The van der Waals surface area contributed by atoms with Gasteiger partial charge >= 0.3 is 0 Å². The van der Waals surface area contributed by atoms with Crippen molar-refractivity contribution in [3.63, 3.8) is 0 Å². The van der Waals surface area contributed by atoms with Gasteiger partial charge in [0, 0.05) is 12.0 Å². The van der Waals surface area contributed by atoms with Gasteiger partial charge in [0.2, 0.25) is 0 Å². The highest BCUT2D eigenvalue weighted by molar-refractivity contribution is 5.81. The lowest BCUT2D eigenvalue weighted by molar-refractivity contribution is -0.126. The summed E-state index contributed by atoms with van der Waals surface area (Å²) >= 11 is 0. The van der Waals surface area contributed by atoms with E-state index in [1.54, 1.807) is 6.92 Å². The Hall–Kier alpha value is -0.410. The van der Waals surface area contributed by atoms with E-state index in [9.17, 15) is 4.79 Å². The normalized spacial score (nSPS) is 12.9. The first-order valence-corrected chi connectivity index (χ1v) is 6.01. The molecule has 0 unspecified atom stereocenters. The van der Waals surface area contributed by atoms with Gasteiger partial charge in [-0.05, 0) is 47.2 Å². The Morgan fingerprint density at radius 3 is 2.19 bits per heavy atom. The van der Waals surface area contributed by atoms with E-state index in [4.69, 9.17) is 4.74 Å². The minimum atomic E-state index is -0.265. The highest BCUT2D eigenvalue weighted by Gasteiger charge is 2.25. The quantitative estimate of drug-likeness (QED) is 0.694. The fraction of sp³-hybridized carbons (Fsp3) is 0.923. The number of nitrogens with one attached hydrogen (secondary N) is 1. The smallest absolute Gasteiger partial charge is 0.135 e. The molecule has 0 aromatic heterocycles. The Labute approximate surface area is 99.9 Å². The van der Waals surface area contributed by atoms with Crippen LogP contribution in [0, 0.1) is 5.41 Å². The van der Waals surface area contributed by atoms with Crippen LogP contribution in [0.25, 0.3) is 0 Å². The lowest BCUT2D eigenvalue weighted by Crippen LogP contribution is -2.31. The molecule has 3 heteroatoms. The molecule has 3 nitrogen and oxygen atoms in total. The number of ketones is 1. The molecule has 0 heterocycles. The Morgan fingerprint density at radius 1 is 1.19 bits per heavy atom. The van der Waals surface area contributed by atoms with Crippen molar-refractivity contribution in [2.45, 2.75) is 53.1 Å². The summed E-state index contributed by atoms with van der Waals surface area (Å²) < 4.78 is 5.83. The van der Waals surface area contributed by atoms with Crippen LogP contribution in [-0.2, 0) is 9.53 Å². The van der Waals surface area contributed by atoms with Gasteiger partial charge in [0.1, 0.15) is 5.78 Å². The molecule has 0 radical (unpaired) electrons. The minimum Gasteiger partial charge on any atom is -0.375 e. The molecule has 0 saturated heterocycles. The molecule has 0 fully saturated rings. The van der Waals surface area contributed by atoms with E-state index in [1.807, 2.05) is 20.9 Å². The molecule has 16 heavy (non-hydrogen) atoms. The second-order valence-electron chi connectivity index (χ2n) is 5.65. The summed E-state index contributed by atoms with van der Waals surface area (Å²) in [5, 5.41) is 3.11. The minimum absolute atomic E-state index is 0.115. The summed E-state index contributed by atoms with van der Waals surface area (Å²) in [7, 11) is 1.94. The Bertz CT molecular complexity index is 222. The van der Waals surface area contributed by atoms with Gasteiger partial charge < -0.3 is 10.1 Å². The second kappa shape index (κ2) is 6.36. The molecule has 0 aliphatic carbocycles. The molecule has 0 rings (SSSR count). The molecule has 0 aliphatic heterocycles. The predicted molar refractivity (Wildman–Crippen MR) is 67.7 cm³/mol. The summed E-state index contributed by atoms with van der Waals surface area (Å²) in [5.41, 5.74) is -0.380. The van der Waals surface area contributed by atoms with Gasteiger partial charge in [-0.3, -0.25) is 4.79 Å². The third kappa shape index (κ3) is 6.23. The van der Waals surface area contributed by atoms with E-state index in [2.05, 4.69) is 19.2 Å². The van der Waals surface area contributed by atoms with E-state index < -0.39 is 0 Å². The maximum atomic E-state index is 11.3. The molecular weight excluding hydrogens is 202 g/mol. The standard InChI is InChI=1S/C13H27NO2/c1-11(15)12(2,3)8-10-16-13(4,5)7-9-14-6/h14H,7-10H2,1-6H3. The van der Waals surface area contributed by atoms with Crippen molar-refractivity contribution in [2.24, 2.45) is 5.41 Å². The van der Waals surface area contributed by atoms with Gasteiger partial charge in [-0.1, -0.05) is 13.8 Å². The fourth-order valence-corrected chi connectivity index (χ4v) is 1.26. The lowest BCUT2D eigenvalue weighted by Gasteiger charge is -2.28. The predicted octanol–water partition coefficient (Wildman–Crippen LogP) is 2.40. The summed E-state index contributed by atoms with van der Waals surface area (Å²) in [4.78, 5) is 11.3. The number of hydrogen-bond acceptors (Lipinski definition) is 3. The van der Waals surface area contributed by atoms with Gasteiger partial charge in [-0.15, -0.1) is 0 Å². The Balaban J connectivity index is 3.93. The molecule has 96 valence electrons. The van der Waals surface area contributed by atoms with Crippen molar-refractivity contribution in [2.75, 3.05) is 20.2 Å². The zero-order valence-electron chi connectivity index (χ0n) is 11.6. The van der Waals surface area contributed by atoms with Crippen molar-refractivity contribution in [1.82, 2.24) is 5.32 Å². The molecule has 0 saturated carbocycles. The maximum Gasteiger partial charge on any atom is 0.135 e. The van der Waals surface area contributed by atoms with Gasteiger partial charge in [0.15, 0.2) is 0 Å². The lowest BCUT2D eigenvalue weighted by atomic mass is 9.86. The summed E-state index contributed by atoms with van der Waals surface area (Å²) in [6.07, 6.45) is 1.76. The number of hydrogen-bond donors (Lipinski definition) is 1. The van der Waals surface area contributed by atoms with Crippen LogP contribution in [0.15, 0.2) is 0 Å². The van der Waals surface area contributed by atoms with Crippen LogP contribution >= 0.6 is 0 Å². The van der Waals surface area contributed by atoms with Crippen LogP contribution in [0.3, 0.4) is 0 Å². The average Bonchev–Trinajstić information content (AvgIpc) is 2.14. The van der Waals surface area contributed by atoms with E-state index in [-0.39, 0.29) is 16.8 Å². The fourth-order valence-electron chi connectivity index (χ4n) is 1.26. The SMILES string of the molecule is CNCCC(C)(C)OCCC(C)(C)C(C)=O. The topological polar surface area (TPSA) is 38.3 Å². The number of carbonyl (C=O) groups excluding carboxylic acids is 1. The third-order valence-electron chi connectivity index (χ3n) is 3.15. The first-order valence-electron chi connectivity index (χ1n) is 6.01. The molecule has 0 spiro atoms. The van der Waals surface area contributed by atoms with Crippen molar-refractivity contribution in [3.8, 4) is 0 Å².